The number of carboxylic acids is 4. The predicted molar refractivity (Wildman–Crippen MR) is 86.6 cm³/mol. The molecule has 0 radical (unpaired) electrons. The Balaban J connectivity index is 5.04. The van der Waals surface area contributed by atoms with Gasteiger partial charge in [-0.15, -0.1) is 0 Å². The number of carboxylic acid groups (broad SMARTS) is 4. The Bertz CT molecular complexity index is 865. The second-order valence-electron chi connectivity index (χ2n) is 5.25. The number of hydrogen-bond donors (Lipinski definition) is 4. The van der Waals surface area contributed by atoms with Gasteiger partial charge >= 0.3 is 56.1 Å². The number of aliphatic carboxylic acids is 4. The summed E-state index contributed by atoms with van der Waals surface area (Å²) >= 11 is 0. The first kappa shape index (κ1) is 26.7. The Morgan fingerprint density at radius 1 is 0.600 bits per heavy atom. The van der Waals surface area contributed by atoms with E-state index in [2.05, 4.69) is 8.37 Å². The van der Waals surface area contributed by atoms with Crippen LogP contribution in [0.5, 0.6) is 0 Å². The van der Waals surface area contributed by atoms with Crippen LogP contribution in [-0.2, 0) is 57.4 Å². The van der Waals surface area contributed by atoms with Crippen molar-refractivity contribution in [2.24, 2.45) is 0 Å². The van der Waals surface area contributed by atoms with Gasteiger partial charge in [-0.1, -0.05) is 0 Å². The highest BCUT2D eigenvalue weighted by atomic mass is 32.2. The minimum absolute atomic E-state index is 1.19. The van der Waals surface area contributed by atoms with Crippen LogP contribution in [0.1, 0.15) is 25.7 Å². The predicted octanol–water partition coefficient (Wildman–Crippen LogP) is -2.63. The molecule has 0 heterocycles. The van der Waals surface area contributed by atoms with E-state index >= 15 is 0 Å². The summed E-state index contributed by atoms with van der Waals surface area (Å²) in [6.07, 6.45) is -5.29. The monoisotopic (exact) mass is 478 g/mol. The Hall–Kier alpha value is -3.28. The summed E-state index contributed by atoms with van der Waals surface area (Å²) in [5.74, 6) is -11.5. The molecular formula is C12H14O16S2. The molecule has 30 heavy (non-hydrogen) atoms. The maximum Gasteiger partial charge on any atom is 0.326 e. The summed E-state index contributed by atoms with van der Waals surface area (Å²) in [6, 6.07) is 0. The molecule has 0 aromatic carbocycles. The van der Waals surface area contributed by atoms with Gasteiger partial charge < -0.3 is 28.8 Å². The van der Waals surface area contributed by atoms with E-state index in [1.807, 2.05) is 0 Å². The average molecular weight is 478 g/mol. The minimum Gasteiger partial charge on any atom is -0.481 e. The number of hydrogen-bond acceptors (Lipinski definition) is 12. The quantitative estimate of drug-likeness (QED) is 0.197. The summed E-state index contributed by atoms with van der Waals surface area (Å²) in [4.78, 5) is 65.5. The maximum absolute atomic E-state index is 11.6. The van der Waals surface area contributed by atoms with Crippen LogP contribution in [0.15, 0.2) is 0 Å². The van der Waals surface area contributed by atoms with Gasteiger partial charge in [0.25, 0.3) is 0 Å². The molecule has 170 valence electrons. The van der Waals surface area contributed by atoms with Crippen molar-refractivity contribution in [1.82, 2.24) is 0 Å². The zero-order valence-corrected chi connectivity index (χ0v) is 16.1. The summed E-state index contributed by atoms with van der Waals surface area (Å²) in [5, 5.41) is 29.1. The average Bonchev–Trinajstić information content (AvgIpc) is 2.53. The fraction of sp³-hybridized carbons (Fsp3) is 0.500. The lowest BCUT2D eigenvalue weighted by Crippen LogP contribution is -2.36. The second-order valence-corrected chi connectivity index (χ2v) is 8.69. The molecule has 0 amide bonds. The molecule has 4 N–H and O–H groups in total. The van der Waals surface area contributed by atoms with Gasteiger partial charge in [0.2, 0.25) is 10.5 Å². The molecule has 0 aromatic heterocycles. The van der Waals surface area contributed by atoms with Gasteiger partial charge in [-0.3, -0.25) is 28.8 Å². The molecule has 0 spiro atoms. The van der Waals surface area contributed by atoms with E-state index < -0.39 is 92.2 Å². The standard InChI is InChI=1S/C12H14O16S2/c13-7(14)3-5(11(19)20)29(23,24)27-9(17)1-2-10(18)28-30(25,26)6(12(21)22)4-8(15)16/h5-6H,1-4H2,(H,13,14)(H,15,16)(H,19,20)(H,21,22). The highest BCUT2D eigenvalue weighted by molar-refractivity contribution is 7.88. The molecule has 0 bridgehead atoms. The highest BCUT2D eigenvalue weighted by Gasteiger charge is 2.39. The lowest BCUT2D eigenvalue weighted by Gasteiger charge is -2.12. The molecule has 0 saturated carbocycles. The van der Waals surface area contributed by atoms with Gasteiger partial charge in [0.15, 0.2) is 0 Å². The minimum atomic E-state index is -5.28. The molecule has 2 unspecified atom stereocenters. The van der Waals surface area contributed by atoms with Gasteiger partial charge in [-0.05, 0) is 0 Å². The van der Waals surface area contributed by atoms with Crippen molar-refractivity contribution < 1.29 is 74.4 Å². The molecule has 0 aliphatic rings. The lowest BCUT2D eigenvalue weighted by molar-refractivity contribution is -0.144. The van der Waals surface area contributed by atoms with Crippen molar-refractivity contribution in [3.63, 3.8) is 0 Å². The molecule has 2 atom stereocenters. The summed E-state index contributed by atoms with van der Waals surface area (Å²) in [5.41, 5.74) is 0. The summed E-state index contributed by atoms with van der Waals surface area (Å²) in [6.45, 7) is 0. The molecule has 16 nitrogen and oxygen atoms in total. The molecule has 18 heteroatoms. The van der Waals surface area contributed by atoms with Gasteiger partial charge in [0, 0.05) is 0 Å². The van der Waals surface area contributed by atoms with Crippen LogP contribution in [0.4, 0.5) is 0 Å². The van der Waals surface area contributed by atoms with Crippen LogP contribution in [0, 0.1) is 0 Å². The first-order chi connectivity index (χ1) is 13.5. The van der Waals surface area contributed by atoms with Crippen molar-refractivity contribution >= 4 is 56.1 Å². The molecule has 0 aliphatic heterocycles. The Kier molecular flexibility index (Phi) is 9.34. The van der Waals surface area contributed by atoms with E-state index in [9.17, 15) is 45.6 Å². The topological polar surface area (TPSA) is 270 Å². The third kappa shape index (κ3) is 8.82. The zero-order chi connectivity index (χ0) is 23.9. The molecule has 0 rings (SSSR count). The van der Waals surface area contributed by atoms with Gasteiger partial charge in [-0.2, -0.15) is 16.8 Å². The first-order valence-corrected chi connectivity index (χ1v) is 10.2. The lowest BCUT2D eigenvalue weighted by atomic mass is 10.3. The van der Waals surface area contributed by atoms with E-state index in [1.165, 1.54) is 0 Å². The van der Waals surface area contributed by atoms with E-state index in [0.717, 1.165) is 0 Å². The molecule has 0 saturated heterocycles. The van der Waals surface area contributed by atoms with Gasteiger partial charge in [0.1, 0.15) is 0 Å². The van der Waals surface area contributed by atoms with Crippen LogP contribution in [-0.4, -0.2) is 83.6 Å². The molecule has 0 fully saturated rings. The number of carbonyl (C=O) groups excluding carboxylic acids is 2. The number of carbonyl (C=O) groups is 6. The van der Waals surface area contributed by atoms with Crippen molar-refractivity contribution in [3.8, 4) is 0 Å². The summed E-state index contributed by atoms with van der Waals surface area (Å²) < 4.78 is 54.2. The normalized spacial score (nSPS) is 13.5. The van der Waals surface area contributed by atoms with Crippen molar-refractivity contribution in [1.29, 1.82) is 0 Å². The van der Waals surface area contributed by atoms with Gasteiger partial charge in [0.05, 0.1) is 25.7 Å². The van der Waals surface area contributed by atoms with Crippen LogP contribution in [0.3, 0.4) is 0 Å². The Morgan fingerprint density at radius 2 is 0.867 bits per heavy atom. The molecular weight excluding hydrogens is 464 g/mol. The fourth-order valence-electron chi connectivity index (χ4n) is 1.61. The van der Waals surface area contributed by atoms with Crippen LogP contribution in [0.2, 0.25) is 0 Å². The van der Waals surface area contributed by atoms with Crippen LogP contribution >= 0.6 is 0 Å². The summed E-state index contributed by atoms with van der Waals surface area (Å²) in [7, 11) is -10.6. The van der Waals surface area contributed by atoms with Crippen molar-refractivity contribution in [3.05, 3.63) is 0 Å². The highest BCUT2D eigenvalue weighted by Crippen LogP contribution is 2.14. The molecule has 0 aliphatic carbocycles. The van der Waals surface area contributed by atoms with Crippen molar-refractivity contribution in [2.45, 2.75) is 36.2 Å². The van der Waals surface area contributed by atoms with Gasteiger partial charge in [-0.25, -0.2) is 0 Å². The fourth-order valence-corrected chi connectivity index (χ4v) is 3.71. The number of rotatable bonds is 13. The SMILES string of the molecule is O=C(O)CC(C(=O)O)S(=O)(=O)OC(=O)CCC(=O)OS(=O)(=O)C(CC(=O)O)C(=O)O. The largest absolute Gasteiger partial charge is 0.481 e. The molecule has 0 aromatic rings. The van der Waals surface area contributed by atoms with E-state index in [1.54, 1.807) is 0 Å². The maximum atomic E-state index is 11.6. The Morgan fingerprint density at radius 3 is 1.07 bits per heavy atom. The zero-order valence-electron chi connectivity index (χ0n) is 14.5. The van der Waals surface area contributed by atoms with E-state index in [4.69, 9.17) is 20.4 Å². The third-order valence-electron chi connectivity index (χ3n) is 2.92. The van der Waals surface area contributed by atoms with E-state index in [-0.39, 0.29) is 0 Å². The smallest absolute Gasteiger partial charge is 0.326 e. The van der Waals surface area contributed by atoms with Crippen molar-refractivity contribution in [2.75, 3.05) is 0 Å². The Labute approximate surface area is 167 Å². The third-order valence-corrected chi connectivity index (χ3v) is 5.89. The van der Waals surface area contributed by atoms with Crippen LogP contribution in [0.25, 0.3) is 0 Å². The van der Waals surface area contributed by atoms with E-state index in [0.29, 0.717) is 0 Å². The second kappa shape index (κ2) is 10.5. The van der Waals surface area contributed by atoms with Crippen LogP contribution < -0.4 is 0 Å². The first-order valence-electron chi connectivity index (χ1n) is 7.31.